The molecule has 1 unspecified atom stereocenters. The van der Waals surface area contributed by atoms with Crippen LogP contribution in [-0.4, -0.2) is 127 Å². The predicted octanol–water partition coefficient (Wildman–Crippen LogP) is 7.15. The van der Waals surface area contributed by atoms with Gasteiger partial charge < -0.3 is 34.6 Å². The lowest BCUT2D eigenvalue weighted by molar-refractivity contribution is -0.134. The molecule has 4 fully saturated rings. The van der Waals surface area contributed by atoms with Gasteiger partial charge in [0.15, 0.2) is 0 Å². The normalized spacial score (nSPS) is 19.2. The van der Waals surface area contributed by atoms with Gasteiger partial charge in [0.2, 0.25) is 17.8 Å². The molecule has 9 rings (SSSR count). The van der Waals surface area contributed by atoms with Crippen molar-refractivity contribution in [3.8, 4) is 5.75 Å². The highest BCUT2D eigenvalue weighted by Gasteiger charge is 2.36. The van der Waals surface area contributed by atoms with E-state index in [1.165, 1.54) is 12.1 Å². The van der Waals surface area contributed by atoms with Crippen molar-refractivity contribution >= 4 is 85.7 Å². The summed E-state index contributed by atoms with van der Waals surface area (Å²) in [6, 6.07) is 11.1. The molecule has 4 aliphatic rings. The Hall–Kier alpha value is -5.29. The maximum atomic E-state index is 15.2. The quantitative estimate of drug-likeness (QED) is 0.0807. The number of halogens is 3. The van der Waals surface area contributed by atoms with Crippen molar-refractivity contribution in [2.24, 2.45) is 5.92 Å². The van der Waals surface area contributed by atoms with Crippen molar-refractivity contribution in [3.05, 3.63) is 82.2 Å². The van der Waals surface area contributed by atoms with Crippen LogP contribution >= 0.6 is 23.1 Å². The molecular formula is C47H55BrF2N11O4P. The lowest BCUT2D eigenvalue weighted by Crippen LogP contribution is -2.63. The highest BCUT2D eigenvalue weighted by atomic mass is 79.9. The molecule has 2 aromatic heterocycles. The summed E-state index contributed by atoms with van der Waals surface area (Å²) in [5.41, 5.74) is 5.12. The molecule has 4 aliphatic heterocycles. The Morgan fingerprint density at radius 3 is 2.32 bits per heavy atom. The van der Waals surface area contributed by atoms with Crippen LogP contribution in [0.15, 0.2) is 59.5 Å². The van der Waals surface area contributed by atoms with Crippen LogP contribution in [-0.2, 0) is 14.2 Å². The minimum absolute atomic E-state index is 0.0683. The number of nitrogens with one attached hydrogen (secondary N) is 3. The molecule has 6 heterocycles. The summed E-state index contributed by atoms with van der Waals surface area (Å²) in [6.07, 6.45) is 8.09. The molecular weight excluding hydrogens is 931 g/mol. The lowest BCUT2D eigenvalue weighted by atomic mass is 9.89. The van der Waals surface area contributed by atoms with Crippen molar-refractivity contribution in [2.45, 2.75) is 51.0 Å². The Morgan fingerprint density at radius 2 is 1.62 bits per heavy atom. The van der Waals surface area contributed by atoms with E-state index in [1.54, 1.807) is 39.0 Å². The number of aromatic nitrogens is 4. The number of carbonyl (C=O) groups excluding carboxylic acids is 2. The van der Waals surface area contributed by atoms with Crippen LogP contribution in [0.4, 0.5) is 43.3 Å². The molecule has 3 aromatic carbocycles. The minimum Gasteiger partial charge on any atom is -0.494 e. The highest BCUT2D eigenvalue weighted by Crippen LogP contribution is 2.42. The van der Waals surface area contributed by atoms with Gasteiger partial charge in [-0.25, -0.2) is 13.8 Å². The zero-order chi connectivity index (χ0) is 46.3. The van der Waals surface area contributed by atoms with Crippen LogP contribution in [0.3, 0.4) is 0 Å². The molecule has 66 heavy (non-hydrogen) atoms. The van der Waals surface area contributed by atoms with Gasteiger partial charge in [-0.15, -0.1) is 0 Å². The third-order valence-corrected chi connectivity index (χ3v) is 15.6. The average molecular weight is 987 g/mol. The first-order valence-electron chi connectivity index (χ1n) is 22.6. The van der Waals surface area contributed by atoms with Crippen LogP contribution in [0.1, 0.15) is 49.1 Å². The monoisotopic (exact) mass is 985 g/mol. The molecule has 5 aromatic rings. The number of methoxy groups -OCH3 is 1. The fourth-order valence-corrected chi connectivity index (χ4v) is 11.6. The fraction of sp³-hybridized carbons (Fsp3) is 0.447. The fourth-order valence-electron chi connectivity index (χ4n) is 9.90. The molecule has 0 aliphatic carbocycles. The second-order valence-electron chi connectivity index (χ2n) is 18.2. The van der Waals surface area contributed by atoms with Crippen LogP contribution in [0.2, 0.25) is 0 Å². The van der Waals surface area contributed by atoms with Gasteiger partial charge in [-0.1, -0.05) is 0 Å². The summed E-state index contributed by atoms with van der Waals surface area (Å²) in [5.74, 6) is -1.42. The minimum atomic E-state index is -2.78. The molecule has 15 nitrogen and oxygen atoms in total. The standard InChI is InChI=1S/C47H55BrF2N11O4P/c1-28-21-38(55-47-53-25-33(48)45(57-47)54-37-7-6-36-43(52-13-12-51-36)44(37)66(3,4)64)40(65-2)24-39(28)61-19-17-60(18-20-61)31-26-58(27-31)14-9-29-10-15-59(16-11-29)30-22-34(49)42(35(50)23-30)32-5-8-41(62)56-46(32)63/h6-7,12-13,21-25,29,31-32H,5,8-11,14-20,26-27H2,1-4H3,(H,56,62,63)(H2,53,54,55,57). The number of amides is 2. The van der Waals surface area contributed by atoms with Gasteiger partial charge in [0.25, 0.3) is 0 Å². The number of fused-ring (bicyclic) bond motifs is 1. The summed E-state index contributed by atoms with van der Waals surface area (Å²) in [4.78, 5) is 51.7. The van der Waals surface area contributed by atoms with E-state index in [-0.39, 0.29) is 18.4 Å². The number of piperazine rings is 1. The molecule has 348 valence electrons. The number of piperidine rings is 2. The summed E-state index contributed by atoms with van der Waals surface area (Å²) >= 11 is 3.58. The molecule has 1 atom stereocenters. The first kappa shape index (κ1) is 45.8. The van der Waals surface area contributed by atoms with Crippen molar-refractivity contribution < 1.29 is 27.7 Å². The van der Waals surface area contributed by atoms with Gasteiger partial charge in [-0.05, 0) is 110 Å². The molecule has 2 amide bonds. The number of carbonyl (C=O) groups is 2. The van der Waals surface area contributed by atoms with Crippen molar-refractivity contribution in [1.82, 2.24) is 35.1 Å². The van der Waals surface area contributed by atoms with E-state index in [1.807, 2.05) is 17.0 Å². The Balaban J connectivity index is 0.743. The van der Waals surface area contributed by atoms with Crippen LogP contribution in [0.5, 0.6) is 5.75 Å². The third kappa shape index (κ3) is 9.74. The number of likely N-dealkylation sites (tertiary alicyclic amines) is 1. The number of nitrogens with zero attached hydrogens (tertiary/aromatic N) is 8. The highest BCUT2D eigenvalue weighted by molar-refractivity contribution is 9.10. The lowest BCUT2D eigenvalue weighted by Gasteiger charge is -2.49. The first-order chi connectivity index (χ1) is 31.7. The third-order valence-electron chi connectivity index (χ3n) is 13.5. The molecule has 0 spiro atoms. The molecule has 19 heteroatoms. The van der Waals surface area contributed by atoms with E-state index in [0.29, 0.717) is 61.7 Å². The first-order valence-corrected chi connectivity index (χ1v) is 25.9. The zero-order valence-electron chi connectivity index (χ0n) is 37.6. The van der Waals surface area contributed by atoms with Crippen LogP contribution < -0.4 is 35.8 Å². The molecule has 0 saturated carbocycles. The van der Waals surface area contributed by atoms with Crippen LogP contribution in [0, 0.1) is 24.5 Å². The van der Waals surface area contributed by atoms with E-state index >= 15 is 8.78 Å². The van der Waals surface area contributed by atoms with Gasteiger partial charge in [-0.3, -0.25) is 29.8 Å². The number of rotatable bonds is 13. The number of anilines is 6. The summed E-state index contributed by atoms with van der Waals surface area (Å²) in [6.45, 7) is 14.0. The largest absolute Gasteiger partial charge is 0.494 e. The van der Waals surface area contributed by atoms with E-state index in [4.69, 9.17) is 9.72 Å². The van der Waals surface area contributed by atoms with E-state index in [9.17, 15) is 14.2 Å². The maximum absolute atomic E-state index is 15.2. The van der Waals surface area contributed by atoms with E-state index in [0.717, 1.165) is 95.1 Å². The average Bonchev–Trinajstić information content (AvgIpc) is 3.27. The number of benzene rings is 3. The van der Waals surface area contributed by atoms with Gasteiger partial charge in [0, 0.05) is 106 Å². The number of hydrogen-bond donors (Lipinski definition) is 3. The Kier molecular flexibility index (Phi) is 13.3. The summed E-state index contributed by atoms with van der Waals surface area (Å²) < 4.78 is 50.4. The van der Waals surface area contributed by atoms with Crippen molar-refractivity contribution in [2.75, 3.05) is 99.8 Å². The number of ether oxygens (including phenoxy) is 1. The van der Waals surface area contributed by atoms with E-state index in [2.05, 4.69) is 80.6 Å². The topological polar surface area (TPSA) is 161 Å². The smallest absolute Gasteiger partial charge is 0.234 e. The molecule has 0 radical (unpaired) electrons. The van der Waals surface area contributed by atoms with Crippen molar-refractivity contribution in [3.63, 3.8) is 0 Å². The Morgan fingerprint density at radius 1 is 0.894 bits per heavy atom. The van der Waals surface area contributed by atoms with Crippen LogP contribution in [0.25, 0.3) is 11.0 Å². The number of aryl methyl sites for hydroxylation is 1. The Labute approximate surface area is 391 Å². The Bertz CT molecular complexity index is 2680. The zero-order valence-corrected chi connectivity index (χ0v) is 40.1. The van der Waals surface area contributed by atoms with Gasteiger partial charge in [-0.2, -0.15) is 4.98 Å². The number of hydrogen-bond acceptors (Lipinski definition) is 14. The number of imide groups is 1. The summed E-state index contributed by atoms with van der Waals surface area (Å²) in [7, 11) is -1.12. The molecule has 0 bridgehead atoms. The summed E-state index contributed by atoms with van der Waals surface area (Å²) in [5, 5.41) is 9.53. The SMILES string of the molecule is COc1cc(N2CCN(C3CN(CCC4CCN(c5cc(F)c(C6CCC(=O)NC6=O)c(F)c5)CC4)C3)CC2)c(C)cc1Nc1ncc(Br)c(Nc2ccc3nccnc3c2P(C)(C)=O)n1. The van der Waals surface area contributed by atoms with Crippen molar-refractivity contribution in [1.29, 1.82) is 0 Å². The second kappa shape index (κ2) is 19.1. The second-order valence-corrected chi connectivity index (χ2v) is 22.2. The van der Waals surface area contributed by atoms with Gasteiger partial charge in [0.05, 0.1) is 39.7 Å². The molecule has 3 N–H and O–H groups in total. The molecule has 4 saturated heterocycles. The van der Waals surface area contributed by atoms with Gasteiger partial charge in [0.1, 0.15) is 35.9 Å². The predicted molar refractivity (Wildman–Crippen MR) is 258 cm³/mol. The van der Waals surface area contributed by atoms with Gasteiger partial charge >= 0.3 is 0 Å². The van der Waals surface area contributed by atoms with E-state index < -0.39 is 36.5 Å². The maximum Gasteiger partial charge on any atom is 0.234 e.